The Hall–Kier alpha value is -2.89. The third-order valence-electron chi connectivity index (χ3n) is 5.19. The molecule has 2 aromatic heterocycles. The molecule has 0 spiro atoms. The zero-order valence-corrected chi connectivity index (χ0v) is 15.0. The fourth-order valence-corrected chi connectivity index (χ4v) is 3.42. The molecule has 134 valence electrons. The van der Waals surface area contributed by atoms with Gasteiger partial charge in [-0.1, -0.05) is 44.2 Å². The highest BCUT2D eigenvalue weighted by Gasteiger charge is 2.27. The first kappa shape index (κ1) is 16.6. The van der Waals surface area contributed by atoms with E-state index in [1.54, 1.807) is 4.90 Å². The van der Waals surface area contributed by atoms with Crippen LogP contribution >= 0.6 is 0 Å². The van der Waals surface area contributed by atoms with Gasteiger partial charge in [0.15, 0.2) is 5.65 Å². The summed E-state index contributed by atoms with van der Waals surface area (Å²) in [7, 11) is 0. The van der Waals surface area contributed by atoms with Crippen LogP contribution in [0, 0.1) is 5.92 Å². The molecule has 0 radical (unpaired) electrons. The van der Waals surface area contributed by atoms with Gasteiger partial charge in [-0.25, -0.2) is 9.50 Å². The molecule has 0 saturated heterocycles. The number of H-pyrrole nitrogens is 1. The Labute approximate surface area is 151 Å². The van der Waals surface area contributed by atoms with E-state index >= 15 is 0 Å². The monoisotopic (exact) mass is 350 g/mol. The van der Waals surface area contributed by atoms with Gasteiger partial charge in [0.25, 0.3) is 5.56 Å². The molecule has 4 rings (SSSR count). The van der Waals surface area contributed by atoms with E-state index in [2.05, 4.69) is 10.1 Å². The number of nitrogens with one attached hydrogen (secondary N) is 1. The Balaban J connectivity index is 1.74. The SMILES string of the molecule is CCC(C)C(=O)N1CCc2nc3cc(-c4ccccc4)[nH]n3c(=O)c2C1. The topological polar surface area (TPSA) is 70.5 Å². The lowest BCUT2D eigenvalue weighted by Gasteiger charge is -2.29. The molecule has 1 aliphatic heterocycles. The molecular formula is C20H22N4O2. The minimum absolute atomic E-state index is 0.0221. The van der Waals surface area contributed by atoms with Gasteiger partial charge in [-0.15, -0.1) is 0 Å². The highest BCUT2D eigenvalue weighted by Crippen LogP contribution is 2.21. The largest absolute Gasteiger partial charge is 0.337 e. The van der Waals surface area contributed by atoms with Crippen LogP contribution in [0.1, 0.15) is 31.5 Å². The summed E-state index contributed by atoms with van der Waals surface area (Å²) < 4.78 is 1.48. The fourth-order valence-electron chi connectivity index (χ4n) is 3.42. The fraction of sp³-hybridized carbons (Fsp3) is 0.350. The number of aromatic amines is 1. The van der Waals surface area contributed by atoms with E-state index in [9.17, 15) is 9.59 Å². The molecule has 6 nitrogen and oxygen atoms in total. The first-order valence-electron chi connectivity index (χ1n) is 9.06. The molecule has 6 heteroatoms. The van der Waals surface area contributed by atoms with Crippen LogP contribution in [0.4, 0.5) is 0 Å². The Morgan fingerprint density at radius 2 is 2.08 bits per heavy atom. The number of rotatable bonds is 3. The first-order valence-corrected chi connectivity index (χ1v) is 9.06. The molecule has 1 amide bonds. The lowest BCUT2D eigenvalue weighted by molar-refractivity contribution is -0.136. The van der Waals surface area contributed by atoms with Crippen molar-refractivity contribution in [3.05, 3.63) is 58.0 Å². The van der Waals surface area contributed by atoms with Gasteiger partial charge >= 0.3 is 0 Å². The second kappa shape index (κ2) is 6.44. The number of aromatic nitrogens is 3. The summed E-state index contributed by atoms with van der Waals surface area (Å²) >= 11 is 0. The summed E-state index contributed by atoms with van der Waals surface area (Å²) in [5, 5.41) is 3.15. The van der Waals surface area contributed by atoms with Crippen LogP contribution in [0.3, 0.4) is 0 Å². The number of carbonyl (C=O) groups excluding carboxylic acids is 1. The molecule has 1 N–H and O–H groups in total. The summed E-state index contributed by atoms with van der Waals surface area (Å²) in [5.74, 6) is 0.0882. The van der Waals surface area contributed by atoms with Crippen molar-refractivity contribution in [2.75, 3.05) is 6.54 Å². The van der Waals surface area contributed by atoms with Crippen LogP contribution in [-0.2, 0) is 17.8 Å². The maximum absolute atomic E-state index is 13.0. The quantitative estimate of drug-likeness (QED) is 0.789. The van der Waals surface area contributed by atoms with E-state index in [1.165, 1.54) is 4.52 Å². The minimum Gasteiger partial charge on any atom is -0.337 e. The number of nitrogens with zero attached hydrogens (tertiary/aromatic N) is 3. The van der Waals surface area contributed by atoms with Crippen LogP contribution < -0.4 is 5.56 Å². The summed E-state index contributed by atoms with van der Waals surface area (Å²) in [5.41, 5.74) is 3.78. The van der Waals surface area contributed by atoms with E-state index in [0.29, 0.717) is 30.7 Å². The molecule has 3 heterocycles. The summed E-state index contributed by atoms with van der Waals surface area (Å²) in [6, 6.07) is 11.7. The van der Waals surface area contributed by atoms with E-state index in [-0.39, 0.29) is 17.4 Å². The Bertz CT molecular complexity index is 1020. The predicted octanol–water partition coefficient (Wildman–Crippen LogP) is 2.62. The van der Waals surface area contributed by atoms with Crippen molar-refractivity contribution in [2.45, 2.75) is 33.2 Å². The number of hydrogen-bond acceptors (Lipinski definition) is 3. The molecule has 0 bridgehead atoms. The van der Waals surface area contributed by atoms with Crippen molar-refractivity contribution in [1.29, 1.82) is 0 Å². The van der Waals surface area contributed by atoms with Crippen LogP contribution in [0.2, 0.25) is 0 Å². The number of hydrogen-bond donors (Lipinski definition) is 1. The maximum Gasteiger partial charge on any atom is 0.277 e. The third-order valence-corrected chi connectivity index (χ3v) is 5.19. The van der Waals surface area contributed by atoms with E-state index in [1.807, 2.05) is 50.2 Å². The number of fused-ring (bicyclic) bond motifs is 2. The second-order valence-electron chi connectivity index (χ2n) is 6.89. The molecule has 0 saturated carbocycles. The highest BCUT2D eigenvalue weighted by molar-refractivity contribution is 5.78. The maximum atomic E-state index is 13.0. The van der Waals surface area contributed by atoms with Crippen LogP contribution in [0.15, 0.2) is 41.2 Å². The molecule has 3 aromatic rings. The zero-order chi connectivity index (χ0) is 18.3. The predicted molar refractivity (Wildman–Crippen MR) is 99.8 cm³/mol. The highest BCUT2D eigenvalue weighted by atomic mass is 16.2. The normalized spacial score (nSPS) is 15.1. The van der Waals surface area contributed by atoms with Gasteiger partial charge in [-0.2, -0.15) is 0 Å². The Kier molecular flexibility index (Phi) is 4.11. The van der Waals surface area contributed by atoms with Gasteiger partial charge < -0.3 is 4.90 Å². The molecule has 26 heavy (non-hydrogen) atoms. The van der Waals surface area contributed by atoms with Crippen LogP contribution in [0.25, 0.3) is 16.9 Å². The first-order chi connectivity index (χ1) is 12.6. The Morgan fingerprint density at radius 1 is 1.31 bits per heavy atom. The van der Waals surface area contributed by atoms with Gasteiger partial charge in [-0.05, 0) is 12.0 Å². The van der Waals surface area contributed by atoms with Crippen molar-refractivity contribution >= 4 is 11.6 Å². The van der Waals surface area contributed by atoms with Crippen molar-refractivity contribution < 1.29 is 4.79 Å². The van der Waals surface area contributed by atoms with Gasteiger partial charge in [-0.3, -0.25) is 14.7 Å². The molecule has 1 unspecified atom stereocenters. The lowest BCUT2D eigenvalue weighted by atomic mass is 10.0. The molecule has 0 fully saturated rings. The number of amides is 1. The molecule has 1 atom stereocenters. The van der Waals surface area contributed by atoms with E-state index in [0.717, 1.165) is 23.4 Å². The van der Waals surface area contributed by atoms with Gasteiger partial charge in [0.2, 0.25) is 5.91 Å². The van der Waals surface area contributed by atoms with Crippen molar-refractivity contribution in [3.63, 3.8) is 0 Å². The summed E-state index contributed by atoms with van der Waals surface area (Å²) in [6.07, 6.45) is 1.42. The molecule has 0 aliphatic carbocycles. The van der Waals surface area contributed by atoms with Crippen LogP contribution in [-0.4, -0.2) is 31.9 Å². The standard InChI is InChI=1S/C20H22N4O2/c1-3-13(2)19(25)23-10-9-16-15(12-23)20(26)24-18(21-16)11-17(22-24)14-7-5-4-6-8-14/h4-8,11,13,22H,3,9-10,12H2,1-2H3. The zero-order valence-electron chi connectivity index (χ0n) is 15.0. The summed E-state index contributed by atoms with van der Waals surface area (Å²) in [4.78, 5) is 31.9. The van der Waals surface area contributed by atoms with Crippen molar-refractivity contribution in [3.8, 4) is 11.3 Å². The van der Waals surface area contributed by atoms with Crippen LogP contribution in [0.5, 0.6) is 0 Å². The van der Waals surface area contributed by atoms with E-state index < -0.39 is 0 Å². The number of benzene rings is 1. The summed E-state index contributed by atoms with van der Waals surface area (Å²) in [6.45, 7) is 4.90. The van der Waals surface area contributed by atoms with Gasteiger partial charge in [0.05, 0.1) is 23.5 Å². The smallest absolute Gasteiger partial charge is 0.277 e. The molecule has 1 aliphatic rings. The van der Waals surface area contributed by atoms with Crippen molar-refractivity contribution in [2.24, 2.45) is 5.92 Å². The van der Waals surface area contributed by atoms with Crippen molar-refractivity contribution in [1.82, 2.24) is 19.5 Å². The average Bonchev–Trinajstić information content (AvgIpc) is 3.12. The Morgan fingerprint density at radius 3 is 2.81 bits per heavy atom. The second-order valence-corrected chi connectivity index (χ2v) is 6.89. The number of carbonyl (C=O) groups is 1. The lowest BCUT2D eigenvalue weighted by Crippen LogP contribution is -2.42. The third kappa shape index (κ3) is 2.71. The van der Waals surface area contributed by atoms with Gasteiger partial charge in [0.1, 0.15) is 0 Å². The minimum atomic E-state index is -0.117. The van der Waals surface area contributed by atoms with E-state index in [4.69, 9.17) is 0 Å². The molecule has 1 aromatic carbocycles. The molecular weight excluding hydrogens is 328 g/mol. The van der Waals surface area contributed by atoms with Gasteiger partial charge in [0, 0.05) is 24.9 Å². The average molecular weight is 350 g/mol.